The zero-order valence-electron chi connectivity index (χ0n) is 13.7. The molecule has 2 aromatic carbocycles. The summed E-state index contributed by atoms with van der Waals surface area (Å²) in [5.41, 5.74) is 3.17. The van der Waals surface area contributed by atoms with Crippen molar-refractivity contribution >= 4 is 0 Å². The largest absolute Gasteiger partial charge is 1.00 e. The summed E-state index contributed by atoms with van der Waals surface area (Å²) in [7, 11) is 0. The second-order valence-corrected chi connectivity index (χ2v) is 5.49. The van der Waals surface area contributed by atoms with E-state index < -0.39 is 0 Å². The molecule has 0 radical (unpaired) electrons. The third kappa shape index (κ3) is 5.85. The van der Waals surface area contributed by atoms with E-state index in [1.165, 1.54) is 12.1 Å². The average Bonchev–Trinajstić information content (AvgIpc) is 2.63. The normalized spacial score (nSPS) is 10.1. The fourth-order valence-electron chi connectivity index (χ4n) is 2.38. The van der Waals surface area contributed by atoms with E-state index in [1.54, 1.807) is 18.3 Å². The van der Waals surface area contributed by atoms with Crippen molar-refractivity contribution in [1.82, 2.24) is 10.3 Å². The Morgan fingerprint density at radius 2 is 1.68 bits per heavy atom. The number of nitrogens with zero attached hydrogens (tertiary/aromatic N) is 1. The number of rotatable bonds is 7. The maximum atomic E-state index is 12.9. The van der Waals surface area contributed by atoms with Gasteiger partial charge >= 0.3 is 0 Å². The second-order valence-electron chi connectivity index (χ2n) is 5.49. The smallest absolute Gasteiger partial charge is 0.124 e. The summed E-state index contributed by atoms with van der Waals surface area (Å²) in [6.45, 7) is 1.87. The molecule has 25 heavy (non-hydrogen) atoms. The third-order valence-electron chi connectivity index (χ3n) is 3.65. The van der Waals surface area contributed by atoms with Crippen LogP contribution in [-0.2, 0) is 19.7 Å². The monoisotopic (exact) mass is 357 g/mol. The van der Waals surface area contributed by atoms with Gasteiger partial charge < -0.3 is 22.5 Å². The van der Waals surface area contributed by atoms with Crippen LogP contribution in [0.25, 0.3) is 0 Å². The number of para-hydroxylation sites is 1. The minimum atomic E-state index is -0.237. The maximum absolute atomic E-state index is 12.9. The van der Waals surface area contributed by atoms with E-state index in [1.807, 2.05) is 42.6 Å². The average molecular weight is 358 g/mol. The van der Waals surface area contributed by atoms with Crippen LogP contribution in [0.3, 0.4) is 0 Å². The van der Waals surface area contributed by atoms with Crippen molar-refractivity contribution < 1.29 is 21.5 Å². The highest BCUT2D eigenvalue weighted by molar-refractivity contribution is 5.33. The predicted molar refractivity (Wildman–Crippen MR) is 92.0 cm³/mol. The number of benzene rings is 2. The fourth-order valence-corrected chi connectivity index (χ4v) is 2.38. The minimum Gasteiger partial charge on any atom is -1.00 e. The molecular formula is C20H19ClFN2O-. The predicted octanol–water partition coefficient (Wildman–Crippen LogP) is 1.09. The molecule has 0 saturated carbocycles. The Morgan fingerprint density at radius 3 is 2.44 bits per heavy atom. The summed E-state index contributed by atoms with van der Waals surface area (Å²) in [4.78, 5) is 4.11. The summed E-state index contributed by atoms with van der Waals surface area (Å²) in [6, 6.07) is 18.3. The number of hydrogen-bond donors (Lipinski definition) is 1. The molecule has 3 nitrogen and oxygen atoms in total. The van der Waals surface area contributed by atoms with Crippen molar-refractivity contribution in [3.63, 3.8) is 0 Å². The molecular weight excluding hydrogens is 339 g/mol. The SMILES string of the molecule is Fc1ccc(COc2ccccc2CNCc2cccnc2)cc1.[Cl-]. The topological polar surface area (TPSA) is 34.1 Å². The third-order valence-corrected chi connectivity index (χ3v) is 3.65. The highest BCUT2D eigenvalue weighted by atomic mass is 35.5. The van der Waals surface area contributed by atoms with E-state index in [4.69, 9.17) is 4.74 Å². The molecule has 0 fully saturated rings. The van der Waals surface area contributed by atoms with Gasteiger partial charge in [0.05, 0.1) is 0 Å². The molecule has 0 amide bonds. The molecule has 3 aromatic rings. The fraction of sp³-hybridized carbons (Fsp3) is 0.150. The van der Waals surface area contributed by atoms with Gasteiger partial charge in [-0.25, -0.2) is 4.39 Å². The van der Waals surface area contributed by atoms with E-state index >= 15 is 0 Å². The van der Waals surface area contributed by atoms with Crippen molar-refractivity contribution in [3.05, 3.63) is 95.6 Å². The first-order chi connectivity index (χ1) is 11.8. The van der Waals surface area contributed by atoms with Crippen LogP contribution in [0.1, 0.15) is 16.7 Å². The van der Waals surface area contributed by atoms with E-state index in [2.05, 4.69) is 10.3 Å². The van der Waals surface area contributed by atoms with E-state index in [0.29, 0.717) is 13.2 Å². The van der Waals surface area contributed by atoms with E-state index in [-0.39, 0.29) is 18.2 Å². The maximum Gasteiger partial charge on any atom is 0.124 e. The van der Waals surface area contributed by atoms with Crippen LogP contribution in [0, 0.1) is 5.82 Å². The lowest BCUT2D eigenvalue weighted by Gasteiger charge is -2.12. The van der Waals surface area contributed by atoms with Crippen LogP contribution in [0.5, 0.6) is 5.75 Å². The lowest BCUT2D eigenvalue weighted by Crippen LogP contribution is -3.00. The van der Waals surface area contributed by atoms with Crippen LogP contribution in [0.4, 0.5) is 4.39 Å². The number of ether oxygens (including phenoxy) is 1. The molecule has 0 bridgehead atoms. The first-order valence-corrected chi connectivity index (χ1v) is 7.86. The molecule has 0 atom stereocenters. The van der Waals surface area contributed by atoms with Gasteiger partial charge in [0.2, 0.25) is 0 Å². The van der Waals surface area contributed by atoms with Gasteiger partial charge in [-0.1, -0.05) is 36.4 Å². The lowest BCUT2D eigenvalue weighted by molar-refractivity contribution is -0.00000585. The molecule has 0 aliphatic rings. The van der Waals surface area contributed by atoms with Crippen LogP contribution in [0.15, 0.2) is 73.1 Å². The zero-order chi connectivity index (χ0) is 16.6. The summed E-state index contributed by atoms with van der Waals surface area (Å²) < 4.78 is 18.8. The Kier molecular flexibility index (Phi) is 7.38. The van der Waals surface area contributed by atoms with Crippen LogP contribution in [0.2, 0.25) is 0 Å². The summed E-state index contributed by atoms with van der Waals surface area (Å²) in [6.07, 6.45) is 3.62. The van der Waals surface area contributed by atoms with Gasteiger partial charge in [0.1, 0.15) is 18.2 Å². The molecule has 1 heterocycles. The molecule has 5 heteroatoms. The van der Waals surface area contributed by atoms with Crippen molar-refractivity contribution in [1.29, 1.82) is 0 Å². The van der Waals surface area contributed by atoms with Gasteiger partial charge in [0.25, 0.3) is 0 Å². The Balaban J connectivity index is 0.00000225. The number of pyridine rings is 1. The second kappa shape index (κ2) is 9.77. The molecule has 0 unspecified atom stereocenters. The van der Waals surface area contributed by atoms with Crippen LogP contribution < -0.4 is 22.5 Å². The molecule has 3 rings (SSSR count). The van der Waals surface area contributed by atoms with Gasteiger partial charge in [-0.3, -0.25) is 4.98 Å². The Morgan fingerprint density at radius 1 is 0.880 bits per heavy atom. The summed E-state index contributed by atoms with van der Waals surface area (Å²) in [5, 5.41) is 3.39. The molecule has 0 aliphatic carbocycles. The van der Waals surface area contributed by atoms with Gasteiger partial charge in [-0.05, 0) is 35.4 Å². The number of hydrogen-bond acceptors (Lipinski definition) is 3. The summed E-state index contributed by atoms with van der Waals surface area (Å²) >= 11 is 0. The van der Waals surface area contributed by atoms with Gasteiger partial charge in [0, 0.05) is 31.0 Å². The van der Waals surface area contributed by atoms with Crippen molar-refractivity contribution in [3.8, 4) is 5.75 Å². The standard InChI is InChI=1S/C20H19FN2O.ClH/c21-19-9-7-16(8-10-19)15-24-20-6-2-1-5-18(20)14-23-13-17-4-3-11-22-12-17;/h1-12,23H,13-15H2;1H/p-1. The van der Waals surface area contributed by atoms with Crippen molar-refractivity contribution in [2.45, 2.75) is 19.7 Å². The first-order valence-electron chi connectivity index (χ1n) is 7.86. The quantitative estimate of drug-likeness (QED) is 0.687. The Hall–Kier alpha value is -2.43. The van der Waals surface area contributed by atoms with E-state index in [0.717, 1.165) is 29.0 Å². The number of nitrogens with one attached hydrogen (secondary N) is 1. The minimum absolute atomic E-state index is 0. The highest BCUT2D eigenvalue weighted by Crippen LogP contribution is 2.19. The molecule has 0 aliphatic heterocycles. The summed E-state index contributed by atoms with van der Waals surface area (Å²) in [5.74, 6) is 0.597. The molecule has 1 aromatic heterocycles. The molecule has 0 saturated heterocycles. The first kappa shape index (κ1) is 18.9. The number of halogens is 2. The molecule has 130 valence electrons. The molecule has 1 N–H and O–H groups in total. The number of aromatic nitrogens is 1. The van der Waals surface area contributed by atoms with Gasteiger partial charge in [0.15, 0.2) is 0 Å². The van der Waals surface area contributed by atoms with Crippen LogP contribution >= 0.6 is 0 Å². The molecule has 0 spiro atoms. The Bertz CT molecular complexity index is 766. The van der Waals surface area contributed by atoms with Crippen molar-refractivity contribution in [2.24, 2.45) is 0 Å². The Labute approximate surface area is 153 Å². The van der Waals surface area contributed by atoms with Crippen LogP contribution in [-0.4, -0.2) is 4.98 Å². The van der Waals surface area contributed by atoms with Gasteiger partial charge in [-0.15, -0.1) is 0 Å². The highest BCUT2D eigenvalue weighted by Gasteiger charge is 2.04. The van der Waals surface area contributed by atoms with E-state index in [9.17, 15) is 4.39 Å². The van der Waals surface area contributed by atoms with Crippen molar-refractivity contribution in [2.75, 3.05) is 0 Å². The van der Waals surface area contributed by atoms with Gasteiger partial charge in [-0.2, -0.15) is 0 Å². The lowest BCUT2D eigenvalue weighted by atomic mass is 10.2. The zero-order valence-corrected chi connectivity index (χ0v) is 14.4.